The van der Waals surface area contributed by atoms with Gasteiger partial charge in [0.05, 0.1) is 11.2 Å². The van der Waals surface area contributed by atoms with Gasteiger partial charge < -0.3 is 20.8 Å². The molecular formula is C71H58N2O4. The zero-order valence-corrected chi connectivity index (χ0v) is 42.6. The molecule has 12 aromatic carbocycles. The lowest BCUT2D eigenvalue weighted by atomic mass is 9.71. The lowest BCUT2D eigenvalue weighted by Gasteiger charge is -2.39. The van der Waals surface area contributed by atoms with Gasteiger partial charge in [0.1, 0.15) is 6.42 Å². The number of aliphatic hydroxyl groups is 2. The zero-order chi connectivity index (χ0) is 52.3. The molecule has 6 nitrogen and oxygen atoms in total. The number of hydrogen-bond acceptors (Lipinski definition) is 4. The number of benzene rings is 12. The Bertz CT molecular complexity index is 3710. The van der Waals surface area contributed by atoms with Gasteiger partial charge in [-0.2, -0.15) is 0 Å². The molecule has 0 saturated heterocycles. The lowest BCUT2D eigenvalue weighted by Crippen LogP contribution is -2.51. The van der Waals surface area contributed by atoms with Crippen molar-refractivity contribution in [3.05, 3.63) is 288 Å². The van der Waals surface area contributed by atoms with Crippen LogP contribution >= 0.6 is 0 Å². The van der Waals surface area contributed by atoms with Crippen molar-refractivity contribution in [1.82, 2.24) is 10.6 Å². The highest BCUT2D eigenvalue weighted by atomic mass is 16.3. The fraction of sp³-hybridized carbons (Fsp3) is 0.127. The molecule has 0 heterocycles. The molecule has 6 heteroatoms. The zero-order valence-electron chi connectivity index (χ0n) is 42.6. The van der Waals surface area contributed by atoms with E-state index in [4.69, 9.17) is 0 Å². The van der Waals surface area contributed by atoms with E-state index < -0.39 is 41.3 Å². The smallest absolute Gasteiger partial charge is 0.229 e. The lowest BCUT2D eigenvalue weighted by molar-refractivity contribution is -0.130. The maximum atomic E-state index is 14.6. The van der Waals surface area contributed by atoms with E-state index in [0.717, 1.165) is 98.0 Å². The van der Waals surface area contributed by atoms with Crippen LogP contribution in [0.3, 0.4) is 0 Å². The van der Waals surface area contributed by atoms with Gasteiger partial charge in [-0.15, -0.1) is 0 Å². The molecular weight excluding hydrogens is 945 g/mol. The summed E-state index contributed by atoms with van der Waals surface area (Å²) in [6.07, 6.45) is -0.166. The highest BCUT2D eigenvalue weighted by molar-refractivity contribution is 5.98. The van der Waals surface area contributed by atoms with Gasteiger partial charge in [0.25, 0.3) is 0 Å². The number of hydrogen-bond donors (Lipinski definition) is 4. The molecule has 0 spiro atoms. The van der Waals surface area contributed by atoms with Crippen LogP contribution in [0.4, 0.5) is 0 Å². The number of nitrogens with one attached hydrogen (secondary N) is 2. The van der Waals surface area contributed by atoms with Gasteiger partial charge in [-0.3, -0.25) is 9.59 Å². The van der Waals surface area contributed by atoms with Crippen LogP contribution in [0.5, 0.6) is 0 Å². The summed E-state index contributed by atoms with van der Waals surface area (Å²) in [5, 5.41) is 46.2. The molecule has 0 aliphatic carbocycles. The molecule has 0 aliphatic heterocycles. The molecule has 0 aromatic heterocycles. The minimum absolute atomic E-state index is 0.172. The van der Waals surface area contributed by atoms with E-state index >= 15 is 0 Å². The van der Waals surface area contributed by atoms with Crippen LogP contribution in [0, 0.1) is 0 Å². The molecule has 77 heavy (non-hydrogen) atoms. The Morgan fingerprint density at radius 1 is 0.312 bits per heavy atom. The first-order valence-electron chi connectivity index (χ1n) is 26.6. The summed E-state index contributed by atoms with van der Waals surface area (Å²) >= 11 is 0. The first-order chi connectivity index (χ1) is 37.7. The molecule has 4 N–H and O–H groups in total. The summed E-state index contributed by atoms with van der Waals surface area (Å²) in [6, 6.07) is 86.2. The Morgan fingerprint density at radius 2 is 0.545 bits per heavy atom. The highest BCUT2D eigenvalue weighted by Gasteiger charge is 2.43. The van der Waals surface area contributed by atoms with E-state index in [9.17, 15) is 19.8 Å². The molecule has 0 fully saturated rings. The minimum Gasteiger partial charge on any atom is -0.387 e. The van der Waals surface area contributed by atoms with Crippen LogP contribution in [-0.2, 0) is 22.4 Å². The van der Waals surface area contributed by atoms with Crippen LogP contribution in [-0.4, -0.2) is 46.3 Å². The van der Waals surface area contributed by atoms with E-state index in [1.54, 1.807) is 0 Å². The molecule has 12 rings (SSSR count). The average Bonchev–Trinajstić information content (AvgIpc) is 3.47. The van der Waals surface area contributed by atoms with Gasteiger partial charge in [0.15, 0.2) is 0 Å². The van der Waals surface area contributed by atoms with Crippen molar-refractivity contribution in [2.24, 2.45) is 0 Å². The summed E-state index contributed by atoms with van der Waals surface area (Å²) in [6.45, 7) is -0.344. The van der Waals surface area contributed by atoms with Crippen molar-refractivity contribution < 1.29 is 19.8 Å². The fourth-order valence-electron chi connectivity index (χ4n) is 12.4. The summed E-state index contributed by atoms with van der Waals surface area (Å²) in [5.41, 5.74) is 2.29. The maximum Gasteiger partial charge on any atom is 0.229 e. The summed E-state index contributed by atoms with van der Waals surface area (Å²) in [7, 11) is 0. The van der Waals surface area contributed by atoms with Gasteiger partial charge in [0, 0.05) is 37.8 Å². The van der Waals surface area contributed by atoms with Crippen LogP contribution in [0.15, 0.2) is 255 Å². The van der Waals surface area contributed by atoms with Gasteiger partial charge in [-0.25, -0.2) is 0 Å². The Labute approximate surface area is 448 Å². The van der Waals surface area contributed by atoms with Gasteiger partial charge in [0.2, 0.25) is 11.8 Å². The molecule has 2 unspecified atom stereocenters. The second-order valence-electron chi connectivity index (χ2n) is 20.7. The number of amides is 2. The van der Waals surface area contributed by atoms with Crippen LogP contribution in [0.2, 0.25) is 0 Å². The Balaban J connectivity index is 0.910. The number of fused-ring (bicyclic) bond motifs is 6. The molecule has 376 valence electrons. The molecule has 2 amide bonds. The molecule has 12 aromatic rings. The Hall–Kier alpha value is -8.94. The largest absolute Gasteiger partial charge is 0.387 e. The van der Waals surface area contributed by atoms with Crippen LogP contribution in [0.25, 0.3) is 64.6 Å². The standard InChI is InChI=1S/C71H58N2O4/c74-66(72-46-70(76,44-54-31-13-25-48-19-1-7-33-56(48)54)68(62-39-15-27-50-21-3-9-35-58(50)62)63-40-16-28-51-22-4-10-36-59(51)63)43-67(75)73-47-71(77,45-55-32-14-26-49-20-2-8-34-57(49)55)69(64-41-17-29-52-23-5-11-37-60(52)64)65-42-18-30-53-24-6-12-38-61(53)65/h1-42,68-69,76-77H,43-47H2,(H,72,74)(H,73,75). The van der Waals surface area contributed by atoms with Crippen LogP contribution in [0.1, 0.15) is 51.6 Å². The molecule has 0 radical (unpaired) electrons. The number of rotatable bonds is 16. The number of carbonyl (C=O) groups is 2. The summed E-state index contributed by atoms with van der Waals surface area (Å²) < 4.78 is 0. The van der Waals surface area contributed by atoms with Crippen molar-refractivity contribution >= 4 is 76.4 Å². The number of carbonyl (C=O) groups excluding carboxylic acids is 2. The van der Waals surface area contributed by atoms with E-state index in [1.165, 1.54) is 0 Å². The molecule has 2 atom stereocenters. The highest BCUT2D eigenvalue weighted by Crippen LogP contribution is 2.46. The third kappa shape index (κ3) is 9.70. The van der Waals surface area contributed by atoms with Crippen molar-refractivity contribution in [3.8, 4) is 0 Å². The van der Waals surface area contributed by atoms with E-state index in [-0.39, 0.29) is 25.9 Å². The Morgan fingerprint density at radius 3 is 0.844 bits per heavy atom. The predicted molar refractivity (Wildman–Crippen MR) is 315 cm³/mol. The van der Waals surface area contributed by atoms with Crippen molar-refractivity contribution in [2.45, 2.75) is 42.3 Å². The second kappa shape index (κ2) is 21.0. The van der Waals surface area contributed by atoms with Crippen molar-refractivity contribution in [3.63, 3.8) is 0 Å². The molecule has 0 saturated carbocycles. The average molecular weight is 1000 g/mol. The first kappa shape index (κ1) is 49.0. The molecule has 0 bridgehead atoms. The van der Waals surface area contributed by atoms with E-state index in [0.29, 0.717) is 0 Å². The van der Waals surface area contributed by atoms with E-state index in [1.807, 2.05) is 109 Å². The van der Waals surface area contributed by atoms with Gasteiger partial charge in [-0.05, 0) is 98.0 Å². The quantitative estimate of drug-likeness (QED) is 0.0725. The van der Waals surface area contributed by atoms with Gasteiger partial charge >= 0.3 is 0 Å². The van der Waals surface area contributed by atoms with Gasteiger partial charge in [-0.1, -0.05) is 255 Å². The minimum atomic E-state index is -1.63. The topological polar surface area (TPSA) is 98.7 Å². The summed E-state index contributed by atoms with van der Waals surface area (Å²) in [4.78, 5) is 29.1. The Kier molecular flexibility index (Phi) is 13.4. The van der Waals surface area contributed by atoms with Crippen LogP contribution < -0.4 is 10.6 Å². The third-order valence-corrected chi connectivity index (χ3v) is 15.9. The predicted octanol–water partition coefficient (Wildman–Crippen LogP) is 14.1. The second-order valence-corrected chi connectivity index (χ2v) is 20.7. The fourth-order valence-corrected chi connectivity index (χ4v) is 12.4. The van der Waals surface area contributed by atoms with Crippen molar-refractivity contribution in [1.29, 1.82) is 0 Å². The van der Waals surface area contributed by atoms with E-state index in [2.05, 4.69) is 156 Å². The normalized spacial score (nSPS) is 13.4. The summed E-state index contributed by atoms with van der Waals surface area (Å²) in [5.74, 6) is -2.38. The molecule has 0 aliphatic rings. The maximum absolute atomic E-state index is 14.6. The SMILES string of the molecule is O=C(CC(=O)NCC(O)(Cc1cccc2ccccc12)C(c1cccc2ccccc12)c1cccc2ccccc12)NCC(O)(Cc1cccc2ccccc12)C(c1cccc2ccccc12)c1cccc2ccccc12. The third-order valence-electron chi connectivity index (χ3n) is 15.9. The monoisotopic (exact) mass is 1000 g/mol. The first-order valence-corrected chi connectivity index (χ1v) is 26.6. The van der Waals surface area contributed by atoms with Crippen molar-refractivity contribution in [2.75, 3.05) is 13.1 Å².